The van der Waals surface area contributed by atoms with Gasteiger partial charge in [0.1, 0.15) is 0 Å². The van der Waals surface area contributed by atoms with Gasteiger partial charge in [0.15, 0.2) is 0 Å². The van der Waals surface area contributed by atoms with Crippen molar-refractivity contribution in [2.75, 3.05) is 25.6 Å². The van der Waals surface area contributed by atoms with Crippen molar-refractivity contribution in [1.29, 1.82) is 0 Å². The molecule has 8 heteroatoms. The summed E-state index contributed by atoms with van der Waals surface area (Å²) in [4.78, 5) is 24.3. The first-order chi connectivity index (χ1) is 12.3. The van der Waals surface area contributed by atoms with Crippen LogP contribution in [0.1, 0.15) is 31.2 Å². The standard InChI is InChI=1S/C18H23F3N2O3/c1-26-11-10-22-16(24)12-2-4-13(5-3-12)17(25)23-15-8-6-14(7-9-15)18(19,20)21/h6-9,12-13H,2-5,10-11H2,1H3,(H,22,24)(H,23,25). The topological polar surface area (TPSA) is 67.4 Å². The number of rotatable bonds is 6. The number of ether oxygens (including phenoxy) is 1. The maximum atomic E-state index is 12.5. The molecule has 0 radical (unpaired) electrons. The zero-order valence-corrected chi connectivity index (χ0v) is 14.6. The molecule has 2 rings (SSSR count). The van der Waals surface area contributed by atoms with Gasteiger partial charge < -0.3 is 15.4 Å². The summed E-state index contributed by atoms with van der Waals surface area (Å²) in [5.74, 6) is -0.589. The van der Waals surface area contributed by atoms with E-state index in [0.29, 0.717) is 44.5 Å². The molecule has 1 aliphatic rings. The lowest BCUT2D eigenvalue weighted by molar-refractivity contribution is -0.137. The van der Waals surface area contributed by atoms with Crippen molar-refractivity contribution in [2.24, 2.45) is 11.8 Å². The fourth-order valence-electron chi connectivity index (χ4n) is 3.03. The number of carbonyl (C=O) groups excluding carboxylic acids is 2. The third-order valence-electron chi connectivity index (χ3n) is 4.55. The van der Waals surface area contributed by atoms with E-state index in [1.54, 1.807) is 7.11 Å². The molecule has 5 nitrogen and oxygen atoms in total. The van der Waals surface area contributed by atoms with Gasteiger partial charge in [0.25, 0.3) is 0 Å². The second-order valence-corrected chi connectivity index (χ2v) is 6.40. The lowest BCUT2D eigenvalue weighted by atomic mass is 9.81. The monoisotopic (exact) mass is 372 g/mol. The summed E-state index contributed by atoms with van der Waals surface area (Å²) >= 11 is 0. The fourth-order valence-corrected chi connectivity index (χ4v) is 3.03. The van der Waals surface area contributed by atoms with Crippen molar-refractivity contribution in [3.8, 4) is 0 Å². The molecule has 1 fully saturated rings. The number of amides is 2. The zero-order valence-electron chi connectivity index (χ0n) is 14.6. The molecule has 1 aromatic rings. The van der Waals surface area contributed by atoms with Gasteiger partial charge in [-0.1, -0.05) is 0 Å². The van der Waals surface area contributed by atoms with Crippen molar-refractivity contribution in [1.82, 2.24) is 5.32 Å². The number of methoxy groups -OCH3 is 1. The van der Waals surface area contributed by atoms with Crippen LogP contribution >= 0.6 is 0 Å². The van der Waals surface area contributed by atoms with Gasteiger partial charge in [-0.3, -0.25) is 9.59 Å². The Labute approximate surface area is 150 Å². The van der Waals surface area contributed by atoms with E-state index in [9.17, 15) is 22.8 Å². The second-order valence-electron chi connectivity index (χ2n) is 6.40. The van der Waals surface area contributed by atoms with Crippen LogP contribution in [0, 0.1) is 11.8 Å². The van der Waals surface area contributed by atoms with Crippen molar-refractivity contribution >= 4 is 17.5 Å². The molecule has 2 N–H and O–H groups in total. The Balaban J connectivity index is 1.80. The smallest absolute Gasteiger partial charge is 0.383 e. The Hall–Kier alpha value is -2.09. The number of hydrogen-bond acceptors (Lipinski definition) is 3. The van der Waals surface area contributed by atoms with Crippen LogP contribution in [0.5, 0.6) is 0 Å². The van der Waals surface area contributed by atoms with E-state index in [2.05, 4.69) is 10.6 Å². The van der Waals surface area contributed by atoms with E-state index in [1.807, 2.05) is 0 Å². The Morgan fingerprint density at radius 3 is 2.08 bits per heavy atom. The second kappa shape index (κ2) is 9.02. The summed E-state index contributed by atoms with van der Waals surface area (Å²) in [5, 5.41) is 5.45. The van der Waals surface area contributed by atoms with Crippen molar-refractivity contribution in [2.45, 2.75) is 31.9 Å². The summed E-state index contributed by atoms with van der Waals surface area (Å²) in [6, 6.07) is 4.37. The van der Waals surface area contributed by atoms with Crippen LogP contribution in [0.3, 0.4) is 0 Å². The van der Waals surface area contributed by atoms with Gasteiger partial charge in [-0.25, -0.2) is 0 Å². The molecule has 0 bridgehead atoms. The zero-order chi connectivity index (χ0) is 19.2. The molecule has 0 aromatic heterocycles. The summed E-state index contributed by atoms with van der Waals surface area (Å²) < 4.78 is 42.5. The van der Waals surface area contributed by atoms with Crippen molar-refractivity contribution in [3.63, 3.8) is 0 Å². The molecule has 1 aliphatic carbocycles. The molecule has 0 saturated heterocycles. The van der Waals surface area contributed by atoms with Crippen LogP contribution in [0.25, 0.3) is 0 Å². The number of alkyl halides is 3. The van der Waals surface area contributed by atoms with Gasteiger partial charge >= 0.3 is 6.18 Å². The predicted molar refractivity (Wildman–Crippen MR) is 90.4 cm³/mol. The molecule has 0 heterocycles. The van der Waals surface area contributed by atoms with Gasteiger partial charge in [-0.05, 0) is 49.9 Å². The highest BCUT2D eigenvalue weighted by Gasteiger charge is 2.31. The molecule has 0 unspecified atom stereocenters. The molecule has 1 saturated carbocycles. The highest BCUT2D eigenvalue weighted by Crippen LogP contribution is 2.31. The van der Waals surface area contributed by atoms with Crippen LogP contribution in [0.15, 0.2) is 24.3 Å². The van der Waals surface area contributed by atoms with Crippen LogP contribution in [0.4, 0.5) is 18.9 Å². The SMILES string of the molecule is COCCNC(=O)C1CCC(C(=O)Nc2ccc(C(F)(F)F)cc2)CC1. The van der Waals surface area contributed by atoms with E-state index in [4.69, 9.17) is 4.74 Å². The van der Waals surface area contributed by atoms with Gasteiger partial charge in [-0.2, -0.15) is 13.2 Å². The maximum Gasteiger partial charge on any atom is 0.416 e. The number of nitrogens with one attached hydrogen (secondary N) is 2. The van der Waals surface area contributed by atoms with E-state index in [0.717, 1.165) is 12.1 Å². The normalized spacial score (nSPS) is 20.5. The van der Waals surface area contributed by atoms with E-state index in [1.165, 1.54) is 12.1 Å². The number of benzene rings is 1. The number of anilines is 1. The van der Waals surface area contributed by atoms with Crippen LogP contribution in [-0.4, -0.2) is 32.1 Å². The lowest BCUT2D eigenvalue weighted by Crippen LogP contribution is -2.36. The quantitative estimate of drug-likeness (QED) is 0.754. The average Bonchev–Trinajstić information content (AvgIpc) is 2.61. The molecule has 2 amide bonds. The number of halogens is 3. The first-order valence-corrected chi connectivity index (χ1v) is 8.56. The van der Waals surface area contributed by atoms with Crippen LogP contribution in [-0.2, 0) is 20.5 Å². The molecular formula is C18H23F3N2O3. The number of hydrogen-bond donors (Lipinski definition) is 2. The van der Waals surface area contributed by atoms with E-state index in [-0.39, 0.29) is 23.7 Å². The third-order valence-corrected chi connectivity index (χ3v) is 4.55. The molecule has 0 aliphatic heterocycles. The fraction of sp³-hybridized carbons (Fsp3) is 0.556. The first kappa shape index (κ1) is 20.2. The molecule has 0 spiro atoms. The van der Waals surface area contributed by atoms with Crippen LogP contribution in [0.2, 0.25) is 0 Å². The Bertz CT molecular complexity index is 609. The molecule has 0 atom stereocenters. The van der Waals surface area contributed by atoms with Gasteiger partial charge in [0.05, 0.1) is 12.2 Å². The molecular weight excluding hydrogens is 349 g/mol. The Morgan fingerprint density at radius 1 is 1.04 bits per heavy atom. The molecule has 144 valence electrons. The maximum absolute atomic E-state index is 12.5. The van der Waals surface area contributed by atoms with Gasteiger partial charge in [0, 0.05) is 31.2 Å². The van der Waals surface area contributed by atoms with Crippen molar-refractivity contribution in [3.05, 3.63) is 29.8 Å². The highest BCUT2D eigenvalue weighted by atomic mass is 19.4. The lowest BCUT2D eigenvalue weighted by Gasteiger charge is -2.27. The molecule has 26 heavy (non-hydrogen) atoms. The van der Waals surface area contributed by atoms with Crippen molar-refractivity contribution < 1.29 is 27.5 Å². The minimum absolute atomic E-state index is 0.0244. The summed E-state index contributed by atoms with van der Waals surface area (Å²) in [6.07, 6.45) is -2.01. The van der Waals surface area contributed by atoms with Crippen LogP contribution < -0.4 is 10.6 Å². The minimum Gasteiger partial charge on any atom is -0.383 e. The molecule has 1 aromatic carbocycles. The average molecular weight is 372 g/mol. The summed E-state index contributed by atoms with van der Waals surface area (Å²) in [7, 11) is 1.56. The summed E-state index contributed by atoms with van der Waals surface area (Å²) in [6.45, 7) is 0.917. The van der Waals surface area contributed by atoms with E-state index >= 15 is 0 Å². The van der Waals surface area contributed by atoms with Gasteiger partial charge in [-0.15, -0.1) is 0 Å². The van der Waals surface area contributed by atoms with Gasteiger partial charge in [0.2, 0.25) is 11.8 Å². The minimum atomic E-state index is -4.40. The Kier molecular flexibility index (Phi) is 7.02. The summed E-state index contributed by atoms with van der Waals surface area (Å²) in [5.41, 5.74) is -0.419. The highest BCUT2D eigenvalue weighted by molar-refractivity contribution is 5.92. The third kappa shape index (κ3) is 5.72. The predicted octanol–water partition coefficient (Wildman–Crippen LogP) is 3.21. The Morgan fingerprint density at radius 2 is 1.58 bits per heavy atom. The first-order valence-electron chi connectivity index (χ1n) is 8.56. The van der Waals surface area contributed by atoms with E-state index < -0.39 is 11.7 Å². The number of carbonyl (C=O) groups is 2. The largest absolute Gasteiger partial charge is 0.416 e.